The van der Waals surface area contributed by atoms with Crippen LogP contribution < -0.4 is 0 Å². The highest BCUT2D eigenvalue weighted by Crippen LogP contribution is 2.09. The average molecular weight is 193 g/mol. The van der Waals surface area contributed by atoms with Crippen LogP contribution in [-0.4, -0.2) is 0 Å². The summed E-state index contributed by atoms with van der Waals surface area (Å²) in [5.41, 5.74) is 0. The van der Waals surface area contributed by atoms with E-state index in [0.717, 1.165) is 6.42 Å². The van der Waals surface area contributed by atoms with Gasteiger partial charge >= 0.3 is 0 Å². The molecule has 0 saturated carbocycles. The van der Waals surface area contributed by atoms with Gasteiger partial charge in [0.05, 0.1) is 6.07 Å². The minimum Gasteiger partial charge on any atom is -0.193 e. The first-order valence-electron chi connectivity index (χ1n) is 5.96. The maximum absolute atomic E-state index is 8.25. The Hall–Kier alpha value is -0.770. The fraction of sp³-hybridized carbons (Fsp3) is 0.769. The molecule has 0 amide bonds. The summed E-state index contributed by atoms with van der Waals surface area (Å²) < 4.78 is 0. The molecule has 0 radical (unpaired) electrons. The van der Waals surface area contributed by atoms with Crippen LogP contribution in [0.15, 0.2) is 12.2 Å². The average Bonchev–Trinajstić information content (AvgIpc) is 2.21. The Morgan fingerprint density at radius 2 is 1.50 bits per heavy atom. The molecule has 0 aliphatic rings. The molecule has 0 rings (SSSR count). The summed E-state index contributed by atoms with van der Waals surface area (Å²) in [6.45, 7) is 2.25. The van der Waals surface area contributed by atoms with Crippen molar-refractivity contribution in [1.29, 1.82) is 5.26 Å². The molecule has 0 aromatic rings. The Bertz CT molecular complexity index is 165. The number of rotatable bonds is 9. The van der Waals surface area contributed by atoms with E-state index in [1.165, 1.54) is 51.4 Å². The molecule has 0 N–H and O–H groups in total. The van der Waals surface area contributed by atoms with Gasteiger partial charge in [-0.1, -0.05) is 57.9 Å². The maximum atomic E-state index is 8.25. The zero-order valence-electron chi connectivity index (χ0n) is 9.47. The van der Waals surface area contributed by atoms with Crippen LogP contribution in [0.1, 0.15) is 64.7 Å². The number of nitriles is 1. The molecular weight excluding hydrogens is 170 g/mol. The van der Waals surface area contributed by atoms with Gasteiger partial charge in [-0.2, -0.15) is 5.26 Å². The number of hydrogen-bond acceptors (Lipinski definition) is 1. The van der Waals surface area contributed by atoms with Crippen molar-refractivity contribution in [3.63, 3.8) is 0 Å². The molecule has 14 heavy (non-hydrogen) atoms. The lowest BCUT2D eigenvalue weighted by Crippen LogP contribution is -1.79. The van der Waals surface area contributed by atoms with Crippen LogP contribution in [-0.2, 0) is 0 Å². The quantitative estimate of drug-likeness (QED) is 0.388. The van der Waals surface area contributed by atoms with Gasteiger partial charge in [-0.05, 0) is 12.8 Å². The lowest BCUT2D eigenvalue weighted by atomic mass is 10.1. The number of hydrogen-bond donors (Lipinski definition) is 0. The van der Waals surface area contributed by atoms with Gasteiger partial charge in [0.15, 0.2) is 0 Å². The number of allylic oxidation sites excluding steroid dienone is 2. The second-order valence-corrected chi connectivity index (χ2v) is 3.80. The van der Waals surface area contributed by atoms with Gasteiger partial charge in [-0.25, -0.2) is 0 Å². The Labute approximate surface area is 88.8 Å². The first-order valence-corrected chi connectivity index (χ1v) is 5.96. The summed E-state index contributed by atoms with van der Waals surface area (Å²) >= 11 is 0. The minimum atomic E-state index is 1.07. The molecule has 0 saturated heterocycles. The molecule has 1 nitrogen and oxygen atoms in total. The summed E-state index contributed by atoms with van der Waals surface area (Å²) in [6, 6.07) is 2.01. The van der Waals surface area contributed by atoms with E-state index in [9.17, 15) is 0 Å². The highest BCUT2D eigenvalue weighted by Gasteiger charge is 1.89. The van der Waals surface area contributed by atoms with Crippen molar-refractivity contribution in [2.75, 3.05) is 0 Å². The molecule has 80 valence electrons. The smallest absolute Gasteiger partial charge is 0.0908 e. The second-order valence-electron chi connectivity index (χ2n) is 3.80. The van der Waals surface area contributed by atoms with E-state index < -0.39 is 0 Å². The lowest BCUT2D eigenvalue weighted by Gasteiger charge is -1.99. The summed E-state index contributed by atoms with van der Waals surface area (Å²) in [5, 5.41) is 8.25. The van der Waals surface area contributed by atoms with Gasteiger partial charge in [-0.15, -0.1) is 0 Å². The van der Waals surface area contributed by atoms with E-state index >= 15 is 0 Å². The molecule has 0 unspecified atom stereocenters. The monoisotopic (exact) mass is 193 g/mol. The van der Waals surface area contributed by atoms with Crippen molar-refractivity contribution in [2.24, 2.45) is 0 Å². The molecule has 0 aromatic heterocycles. The molecule has 0 fully saturated rings. The Morgan fingerprint density at radius 3 is 2.07 bits per heavy atom. The van der Waals surface area contributed by atoms with E-state index in [0.29, 0.717) is 0 Å². The van der Waals surface area contributed by atoms with Crippen molar-refractivity contribution < 1.29 is 0 Å². The van der Waals surface area contributed by atoms with Gasteiger partial charge in [-0.3, -0.25) is 0 Å². The third-order valence-electron chi connectivity index (χ3n) is 2.42. The molecule has 0 heterocycles. The zero-order valence-corrected chi connectivity index (χ0v) is 9.47. The molecular formula is C13H23N. The summed E-state index contributed by atoms with van der Waals surface area (Å²) in [6.07, 6.45) is 15.5. The van der Waals surface area contributed by atoms with Gasteiger partial charge in [0.25, 0.3) is 0 Å². The third kappa shape index (κ3) is 11.2. The molecule has 0 spiro atoms. The largest absolute Gasteiger partial charge is 0.193 e. The van der Waals surface area contributed by atoms with Crippen molar-refractivity contribution in [2.45, 2.75) is 64.7 Å². The summed E-state index contributed by atoms with van der Waals surface area (Å²) in [5.74, 6) is 0. The van der Waals surface area contributed by atoms with Crippen LogP contribution in [0.2, 0.25) is 0 Å². The summed E-state index contributed by atoms with van der Waals surface area (Å²) in [4.78, 5) is 0. The normalized spacial score (nSPS) is 10.6. The highest BCUT2D eigenvalue weighted by molar-refractivity contribution is 5.01. The molecule has 0 bridgehead atoms. The highest BCUT2D eigenvalue weighted by atomic mass is 14.2. The van der Waals surface area contributed by atoms with Crippen LogP contribution >= 0.6 is 0 Å². The fourth-order valence-electron chi connectivity index (χ4n) is 1.53. The minimum absolute atomic E-state index is 1.07. The van der Waals surface area contributed by atoms with Gasteiger partial charge in [0.2, 0.25) is 0 Å². The summed E-state index contributed by atoms with van der Waals surface area (Å²) in [7, 11) is 0. The number of nitrogens with zero attached hydrogens (tertiary/aromatic N) is 1. The fourth-order valence-corrected chi connectivity index (χ4v) is 1.53. The van der Waals surface area contributed by atoms with E-state index in [2.05, 4.69) is 6.92 Å². The van der Waals surface area contributed by atoms with Crippen LogP contribution in [0.5, 0.6) is 0 Å². The van der Waals surface area contributed by atoms with Crippen molar-refractivity contribution in [3.8, 4) is 6.07 Å². The van der Waals surface area contributed by atoms with Crippen molar-refractivity contribution in [1.82, 2.24) is 0 Å². The van der Waals surface area contributed by atoms with E-state index in [1.54, 1.807) is 6.08 Å². The Kier molecular flexibility index (Phi) is 11.6. The van der Waals surface area contributed by atoms with Gasteiger partial charge < -0.3 is 0 Å². The van der Waals surface area contributed by atoms with Crippen LogP contribution in [0, 0.1) is 11.3 Å². The Balaban J connectivity index is 2.93. The SMILES string of the molecule is CCCCCCCCCC/C=C/C#N. The number of unbranched alkanes of at least 4 members (excludes halogenated alkanes) is 8. The van der Waals surface area contributed by atoms with Crippen molar-refractivity contribution >= 4 is 0 Å². The van der Waals surface area contributed by atoms with E-state index in [1.807, 2.05) is 12.1 Å². The van der Waals surface area contributed by atoms with Crippen LogP contribution in [0.25, 0.3) is 0 Å². The second kappa shape index (κ2) is 12.2. The van der Waals surface area contributed by atoms with Gasteiger partial charge in [0.1, 0.15) is 0 Å². The van der Waals surface area contributed by atoms with E-state index in [4.69, 9.17) is 5.26 Å². The van der Waals surface area contributed by atoms with Gasteiger partial charge in [0, 0.05) is 6.08 Å². The Morgan fingerprint density at radius 1 is 0.929 bits per heavy atom. The molecule has 0 aliphatic heterocycles. The molecule has 1 heteroatoms. The van der Waals surface area contributed by atoms with E-state index in [-0.39, 0.29) is 0 Å². The third-order valence-corrected chi connectivity index (χ3v) is 2.42. The first kappa shape index (κ1) is 13.2. The molecule has 0 atom stereocenters. The predicted molar refractivity (Wildman–Crippen MR) is 62.0 cm³/mol. The maximum Gasteiger partial charge on any atom is 0.0908 e. The molecule has 0 aliphatic carbocycles. The standard InChI is InChI=1S/C13H23N/c1-2-3-4-5-6-7-8-9-10-11-12-13-14/h11-12H,2-10H2,1H3/b12-11+. The first-order chi connectivity index (χ1) is 6.91. The van der Waals surface area contributed by atoms with Crippen LogP contribution in [0.3, 0.4) is 0 Å². The van der Waals surface area contributed by atoms with Crippen molar-refractivity contribution in [3.05, 3.63) is 12.2 Å². The lowest BCUT2D eigenvalue weighted by molar-refractivity contribution is 0.577. The molecule has 0 aromatic carbocycles. The zero-order chi connectivity index (χ0) is 10.5. The predicted octanol–water partition coefficient (Wildman–Crippen LogP) is 4.60. The van der Waals surface area contributed by atoms with Crippen LogP contribution in [0.4, 0.5) is 0 Å². The topological polar surface area (TPSA) is 23.8 Å².